The van der Waals surface area contributed by atoms with Crippen molar-refractivity contribution in [2.24, 2.45) is 0 Å². The van der Waals surface area contributed by atoms with Gasteiger partial charge in [-0.3, -0.25) is 4.79 Å². The highest BCUT2D eigenvalue weighted by Gasteiger charge is 2.31. The average Bonchev–Trinajstić information content (AvgIpc) is 3.13. The lowest BCUT2D eigenvalue weighted by atomic mass is 10.0. The maximum Gasteiger partial charge on any atom is 0.408 e. The fourth-order valence-corrected chi connectivity index (χ4v) is 3.99. The van der Waals surface area contributed by atoms with E-state index < -0.39 is 17.7 Å². The summed E-state index contributed by atoms with van der Waals surface area (Å²) in [7, 11) is 0. The van der Waals surface area contributed by atoms with Crippen LogP contribution in [0.1, 0.15) is 31.3 Å². The second-order valence-corrected chi connectivity index (χ2v) is 9.46. The van der Waals surface area contributed by atoms with Gasteiger partial charge >= 0.3 is 6.09 Å². The molecule has 1 N–H and O–H groups in total. The predicted molar refractivity (Wildman–Crippen MR) is 117 cm³/mol. The maximum absolute atomic E-state index is 13.3. The molecule has 1 atom stereocenters. The van der Waals surface area contributed by atoms with Crippen molar-refractivity contribution in [1.29, 1.82) is 0 Å². The third-order valence-corrected chi connectivity index (χ3v) is 5.55. The summed E-state index contributed by atoms with van der Waals surface area (Å²) in [5.41, 5.74) is 0.352. The van der Waals surface area contributed by atoms with Crippen LogP contribution in [0.3, 0.4) is 0 Å². The zero-order valence-electron chi connectivity index (χ0n) is 17.9. The largest absolute Gasteiger partial charge is 0.444 e. The number of carbonyl (C=O) groups is 2. The quantitative estimate of drug-likeness (QED) is 0.783. The molecular formula is C21H29N5O3S. The van der Waals surface area contributed by atoms with E-state index in [0.717, 1.165) is 15.7 Å². The summed E-state index contributed by atoms with van der Waals surface area (Å²) in [4.78, 5) is 29.6. The van der Waals surface area contributed by atoms with Gasteiger partial charge in [0.2, 0.25) is 11.0 Å². The molecule has 162 valence electrons. The fourth-order valence-electron chi connectivity index (χ4n) is 3.25. The Morgan fingerprint density at radius 1 is 1.13 bits per heavy atom. The molecule has 8 nitrogen and oxygen atoms in total. The Kier molecular flexibility index (Phi) is 6.91. The van der Waals surface area contributed by atoms with Gasteiger partial charge in [0.05, 0.1) is 0 Å². The molecule has 30 heavy (non-hydrogen) atoms. The van der Waals surface area contributed by atoms with Gasteiger partial charge in [-0.1, -0.05) is 41.7 Å². The Bertz CT molecular complexity index is 857. The lowest BCUT2D eigenvalue weighted by Crippen LogP contribution is -2.56. The Morgan fingerprint density at radius 2 is 1.80 bits per heavy atom. The van der Waals surface area contributed by atoms with Crippen LogP contribution < -0.4 is 10.2 Å². The van der Waals surface area contributed by atoms with Crippen LogP contribution in [0.5, 0.6) is 0 Å². The topological polar surface area (TPSA) is 87.7 Å². The van der Waals surface area contributed by atoms with E-state index in [1.807, 2.05) is 37.3 Å². The molecule has 1 aromatic heterocycles. The first kappa shape index (κ1) is 22.0. The number of aromatic nitrogens is 2. The predicted octanol–water partition coefficient (Wildman–Crippen LogP) is 2.63. The molecule has 1 unspecified atom stereocenters. The van der Waals surface area contributed by atoms with E-state index in [-0.39, 0.29) is 5.91 Å². The number of nitrogens with one attached hydrogen (secondary N) is 1. The number of nitrogens with zero attached hydrogens (tertiary/aromatic N) is 4. The third-order valence-electron chi connectivity index (χ3n) is 4.65. The number of anilines is 1. The molecule has 1 saturated heterocycles. The van der Waals surface area contributed by atoms with Gasteiger partial charge in [-0.15, -0.1) is 10.2 Å². The van der Waals surface area contributed by atoms with E-state index in [1.54, 1.807) is 37.0 Å². The molecule has 3 rings (SSSR count). The van der Waals surface area contributed by atoms with E-state index in [1.165, 1.54) is 0 Å². The van der Waals surface area contributed by atoms with Crippen molar-refractivity contribution in [2.75, 3.05) is 31.1 Å². The first-order valence-corrected chi connectivity index (χ1v) is 10.9. The summed E-state index contributed by atoms with van der Waals surface area (Å²) < 4.78 is 5.38. The van der Waals surface area contributed by atoms with Crippen LogP contribution in [-0.2, 0) is 16.0 Å². The molecule has 0 aliphatic carbocycles. The van der Waals surface area contributed by atoms with Crippen LogP contribution in [0, 0.1) is 6.92 Å². The van der Waals surface area contributed by atoms with Gasteiger partial charge in [0.25, 0.3) is 0 Å². The van der Waals surface area contributed by atoms with Crippen LogP contribution in [0.25, 0.3) is 0 Å². The van der Waals surface area contributed by atoms with Crippen LogP contribution in [0.4, 0.5) is 9.93 Å². The smallest absolute Gasteiger partial charge is 0.408 e. The Balaban J connectivity index is 1.66. The maximum atomic E-state index is 13.3. The second-order valence-electron chi connectivity index (χ2n) is 8.30. The lowest BCUT2D eigenvalue weighted by molar-refractivity contribution is -0.133. The van der Waals surface area contributed by atoms with Crippen LogP contribution in [-0.4, -0.2) is 64.9 Å². The molecule has 1 aromatic carbocycles. The van der Waals surface area contributed by atoms with Gasteiger partial charge in [0.15, 0.2) is 0 Å². The van der Waals surface area contributed by atoms with Gasteiger partial charge in [-0.05, 0) is 33.3 Å². The van der Waals surface area contributed by atoms with Crippen molar-refractivity contribution >= 4 is 28.5 Å². The number of benzene rings is 1. The lowest BCUT2D eigenvalue weighted by Gasteiger charge is -2.36. The van der Waals surface area contributed by atoms with Crippen molar-refractivity contribution in [3.05, 3.63) is 40.9 Å². The van der Waals surface area contributed by atoms with Gasteiger partial charge in [0.1, 0.15) is 16.7 Å². The molecule has 1 aliphatic rings. The highest BCUT2D eigenvalue weighted by Crippen LogP contribution is 2.21. The third kappa shape index (κ3) is 6.16. The fraction of sp³-hybridized carbons (Fsp3) is 0.524. The normalized spacial score (nSPS) is 15.6. The SMILES string of the molecule is Cc1nnc(N2CCN(C(=O)C(Cc3ccccc3)NC(=O)OC(C)(C)C)CC2)s1. The van der Waals surface area contributed by atoms with Gasteiger partial charge in [0, 0.05) is 32.6 Å². The van der Waals surface area contributed by atoms with Crippen molar-refractivity contribution in [3.8, 4) is 0 Å². The summed E-state index contributed by atoms with van der Waals surface area (Å²) >= 11 is 1.55. The minimum Gasteiger partial charge on any atom is -0.444 e. The Labute approximate surface area is 181 Å². The molecule has 1 fully saturated rings. The Morgan fingerprint density at radius 3 is 2.37 bits per heavy atom. The van der Waals surface area contributed by atoms with Crippen molar-refractivity contribution in [3.63, 3.8) is 0 Å². The second kappa shape index (κ2) is 9.42. The number of amides is 2. The molecule has 2 aromatic rings. The number of piperazine rings is 1. The number of hydrogen-bond acceptors (Lipinski definition) is 7. The molecule has 0 spiro atoms. The first-order valence-electron chi connectivity index (χ1n) is 10.1. The first-order chi connectivity index (χ1) is 14.2. The van der Waals surface area contributed by atoms with Gasteiger partial charge in [-0.25, -0.2) is 4.79 Å². The van der Waals surface area contributed by atoms with Gasteiger partial charge in [-0.2, -0.15) is 0 Å². The van der Waals surface area contributed by atoms with E-state index in [4.69, 9.17) is 4.74 Å². The monoisotopic (exact) mass is 431 g/mol. The molecular weight excluding hydrogens is 402 g/mol. The Hall–Kier alpha value is -2.68. The summed E-state index contributed by atoms with van der Waals surface area (Å²) in [5.74, 6) is -0.0993. The van der Waals surface area contributed by atoms with Gasteiger partial charge < -0.3 is 19.9 Å². The molecule has 2 heterocycles. The molecule has 0 radical (unpaired) electrons. The molecule has 9 heteroatoms. The highest BCUT2D eigenvalue weighted by atomic mass is 32.1. The average molecular weight is 432 g/mol. The zero-order valence-corrected chi connectivity index (χ0v) is 18.7. The summed E-state index contributed by atoms with van der Waals surface area (Å²) in [6.07, 6.45) is -0.172. The molecule has 0 saturated carbocycles. The van der Waals surface area contributed by atoms with Crippen molar-refractivity contribution in [1.82, 2.24) is 20.4 Å². The number of alkyl carbamates (subject to hydrolysis) is 1. The van der Waals surface area contributed by atoms with Crippen molar-refractivity contribution in [2.45, 2.75) is 45.8 Å². The number of hydrogen-bond donors (Lipinski definition) is 1. The zero-order chi connectivity index (χ0) is 21.7. The highest BCUT2D eigenvalue weighted by molar-refractivity contribution is 7.15. The summed E-state index contributed by atoms with van der Waals surface area (Å²) in [6, 6.07) is 8.99. The number of rotatable bonds is 5. The summed E-state index contributed by atoms with van der Waals surface area (Å²) in [6.45, 7) is 9.84. The standard InChI is InChI=1S/C21H29N5O3S/c1-15-23-24-19(30-15)26-12-10-25(11-13-26)18(27)17(14-16-8-6-5-7-9-16)22-20(28)29-21(2,3)4/h5-9,17H,10-14H2,1-4H3,(H,22,28). The van der Waals surface area contributed by atoms with Crippen LogP contribution in [0.15, 0.2) is 30.3 Å². The van der Waals surface area contributed by atoms with Crippen molar-refractivity contribution < 1.29 is 14.3 Å². The van der Waals surface area contributed by atoms with E-state index in [0.29, 0.717) is 32.6 Å². The molecule has 2 amide bonds. The van der Waals surface area contributed by atoms with Crippen LogP contribution >= 0.6 is 11.3 Å². The molecule has 0 bridgehead atoms. The minimum absolute atomic E-state index is 0.0993. The van der Waals surface area contributed by atoms with E-state index in [9.17, 15) is 9.59 Å². The van der Waals surface area contributed by atoms with E-state index in [2.05, 4.69) is 20.4 Å². The minimum atomic E-state index is -0.683. The summed E-state index contributed by atoms with van der Waals surface area (Å²) in [5, 5.41) is 12.8. The number of aryl methyl sites for hydroxylation is 1. The number of carbonyl (C=O) groups excluding carboxylic acids is 2. The van der Waals surface area contributed by atoms with E-state index >= 15 is 0 Å². The van der Waals surface area contributed by atoms with Crippen LogP contribution in [0.2, 0.25) is 0 Å². The number of ether oxygens (including phenoxy) is 1. The molecule has 1 aliphatic heterocycles.